The van der Waals surface area contributed by atoms with Crippen LogP contribution in [-0.2, 0) is 6.54 Å². The lowest BCUT2D eigenvalue weighted by molar-refractivity contribution is 0.574. The number of hydrogen-bond acceptors (Lipinski definition) is 3. The van der Waals surface area contributed by atoms with Gasteiger partial charge in [-0.05, 0) is 13.0 Å². The molecule has 6 heteroatoms. The zero-order valence-corrected chi connectivity index (χ0v) is 10.3. The van der Waals surface area contributed by atoms with Crippen LogP contribution in [0.1, 0.15) is 11.4 Å². The van der Waals surface area contributed by atoms with Gasteiger partial charge in [0.15, 0.2) is 0 Å². The van der Waals surface area contributed by atoms with Crippen LogP contribution in [0, 0.1) is 18.6 Å². The standard InChI is InChI=1S/C12H10ClF2N3/c1-7-17-11(13)5-12(18-7)16-6-8-2-3-9(14)4-10(8)15/h2-5H,6H2,1H3,(H,16,17,18). The Bertz CT molecular complexity index is 555. The van der Waals surface area contributed by atoms with Crippen LogP contribution in [0.3, 0.4) is 0 Å². The molecular weight excluding hydrogens is 260 g/mol. The first-order chi connectivity index (χ1) is 8.54. The van der Waals surface area contributed by atoms with Gasteiger partial charge >= 0.3 is 0 Å². The van der Waals surface area contributed by atoms with Crippen molar-refractivity contribution in [2.24, 2.45) is 0 Å². The number of nitrogens with one attached hydrogen (secondary N) is 1. The summed E-state index contributed by atoms with van der Waals surface area (Å²) < 4.78 is 26.1. The number of aryl methyl sites for hydroxylation is 1. The van der Waals surface area contributed by atoms with Crippen molar-refractivity contribution in [1.29, 1.82) is 0 Å². The molecule has 0 atom stereocenters. The molecule has 0 bridgehead atoms. The second-order valence-electron chi connectivity index (χ2n) is 3.71. The average molecular weight is 270 g/mol. The van der Waals surface area contributed by atoms with Crippen molar-refractivity contribution < 1.29 is 8.78 Å². The fourth-order valence-corrected chi connectivity index (χ4v) is 1.70. The van der Waals surface area contributed by atoms with Gasteiger partial charge < -0.3 is 5.32 Å². The van der Waals surface area contributed by atoms with E-state index in [1.165, 1.54) is 18.2 Å². The molecule has 3 nitrogen and oxygen atoms in total. The monoisotopic (exact) mass is 269 g/mol. The highest BCUT2D eigenvalue weighted by atomic mass is 35.5. The minimum Gasteiger partial charge on any atom is -0.366 e. The lowest BCUT2D eigenvalue weighted by atomic mass is 10.2. The van der Waals surface area contributed by atoms with E-state index in [2.05, 4.69) is 15.3 Å². The molecule has 0 amide bonds. The van der Waals surface area contributed by atoms with Crippen molar-refractivity contribution in [3.05, 3.63) is 52.4 Å². The summed E-state index contributed by atoms with van der Waals surface area (Å²) in [5.41, 5.74) is 0.351. The number of benzene rings is 1. The summed E-state index contributed by atoms with van der Waals surface area (Å²) in [5.74, 6) is -0.183. The summed E-state index contributed by atoms with van der Waals surface area (Å²) in [6.07, 6.45) is 0. The van der Waals surface area contributed by atoms with E-state index < -0.39 is 11.6 Å². The quantitative estimate of drug-likeness (QED) is 0.869. The molecule has 0 saturated carbocycles. The van der Waals surface area contributed by atoms with E-state index in [-0.39, 0.29) is 6.54 Å². The van der Waals surface area contributed by atoms with Gasteiger partial charge in [0.25, 0.3) is 0 Å². The van der Waals surface area contributed by atoms with Gasteiger partial charge in [-0.3, -0.25) is 0 Å². The summed E-state index contributed by atoms with van der Waals surface area (Å²) in [6.45, 7) is 1.90. The lowest BCUT2D eigenvalue weighted by Crippen LogP contribution is -2.05. The van der Waals surface area contributed by atoms with E-state index in [4.69, 9.17) is 11.6 Å². The molecule has 1 aromatic carbocycles. The zero-order valence-electron chi connectivity index (χ0n) is 9.54. The number of halogens is 3. The second kappa shape index (κ2) is 5.27. The van der Waals surface area contributed by atoms with Crippen LogP contribution in [0.25, 0.3) is 0 Å². The molecule has 1 aromatic heterocycles. The van der Waals surface area contributed by atoms with Gasteiger partial charge in [-0.15, -0.1) is 0 Å². The Labute approximate surface area is 108 Å². The molecule has 0 spiro atoms. The van der Waals surface area contributed by atoms with E-state index in [0.717, 1.165) is 6.07 Å². The largest absolute Gasteiger partial charge is 0.366 e. The van der Waals surface area contributed by atoms with E-state index in [1.54, 1.807) is 6.92 Å². The van der Waals surface area contributed by atoms with Crippen molar-refractivity contribution in [3.8, 4) is 0 Å². The Balaban J connectivity index is 2.11. The van der Waals surface area contributed by atoms with E-state index in [9.17, 15) is 8.78 Å². The number of aromatic nitrogens is 2. The topological polar surface area (TPSA) is 37.8 Å². The van der Waals surface area contributed by atoms with Crippen LogP contribution in [0.5, 0.6) is 0 Å². The molecule has 1 heterocycles. The van der Waals surface area contributed by atoms with Crippen LogP contribution < -0.4 is 5.32 Å². The molecule has 0 aliphatic rings. The number of hydrogen-bond donors (Lipinski definition) is 1. The molecule has 2 rings (SSSR count). The molecule has 0 saturated heterocycles. The van der Waals surface area contributed by atoms with Crippen LogP contribution in [0.2, 0.25) is 5.15 Å². The van der Waals surface area contributed by atoms with Crippen LogP contribution >= 0.6 is 11.6 Å². The first-order valence-corrected chi connectivity index (χ1v) is 5.61. The van der Waals surface area contributed by atoms with Gasteiger partial charge in [0.2, 0.25) is 0 Å². The maximum absolute atomic E-state index is 13.4. The van der Waals surface area contributed by atoms with E-state index in [1.807, 2.05) is 0 Å². The molecule has 0 aliphatic carbocycles. The Morgan fingerprint density at radius 3 is 2.67 bits per heavy atom. The molecule has 0 aliphatic heterocycles. The highest BCUT2D eigenvalue weighted by Crippen LogP contribution is 2.14. The summed E-state index contributed by atoms with van der Waals surface area (Å²) in [5, 5.41) is 3.21. The average Bonchev–Trinajstić information content (AvgIpc) is 2.26. The number of anilines is 1. The van der Waals surface area contributed by atoms with E-state index in [0.29, 0.717) is 22.4 Å². The summed E-state index contributed by atoms with van der Waals surface area (Å²) in [4.78, 5) is 8.00. The minimum atomic E-state index is -0.600. The lowest BCUT2D eigenvalue weighted by Gasteiger charge is -2.07. The highest BCUT2D eigenvalue weighted by Gasteiger charge is 2.05. The van der Waals surface area contributed by atoms with Crippen molar-refractivity contribution in [1.82, 2.24) is 9.97 Å². The Kier molecular flexibility index (Phi) is 3.72. The minimum absolute atomic E-state index is 0.193. The summed E-state index contributed by atoms with van der Waals surface area (Å²) >= 11 is 5.77. The third-order valence-electron chi connectivity index (χ3n) is 2.28. The third-order valence-corrected chi connectivity index (χ3v) is 2.48. The first-order valence-electron chi connectivity index (χ1n) is 5.23. The predicted molar refractivity (Wildman–Crippen MR) is 65.5 cm³/mol. The summed E-state index contributed by atoms with van der Waals surface area (Å²) in [7, 11) is 0. The summed E-state index contributed by atoms with van der Waals surface area (Å²) in [6, 6.07) is 4.97. The van der Waals surface area contributed by atoms with Crippen molar-refractivity contribution in [2.75, 3.05) is 5.32 Å². The maximum atomic E-state index is 13.4. The number of nitrogens with zero attached hydrogens (tertiary/aromatic N) is 2. The molecule has 94 valence electrons. The Morgan fingerprint density at radius 2 is 2.00 bits per heavy atom. The van der Waals surface area contributed by atoms with Gasteiger partial charge in [0, 0.05) is 24.2 Å². The molecule has 2 aromatic rings. The molecule has 0 fully saturated rings. The normalized spacial score (nSPS) is 10.4. The molecular formula is C12H10ClF2N3. The Hall–Kier alpha value is -1.75. The zero-order chi connectivity index (χ0) is 13.1. The smallest absolute Gasteiger partial charge is 0.134 e. The van der Waals surface area contributed by atoms with Gasteiger partial charge in [0.1, 0.15) is 28.4 Å². The molecule has 0 unspecified atom stereocenters. The van der Waals surface area contributed by atoms with Gasteiger partial charge in [-0.1, -0.05) is 17.7 Å². The maximum Gasteiger partial charge on any atom is 0.134 e. The van der Waals surface area contributed by atoms with Crippen LogP contribution in [0.15, 0.2) is 24.3 Å². The molecule has 18 heavy (non-hydrogen) atoms. The van der Waals surface area contributed by atoms with Crippen LogP contribution in [-0.4, -0.2) is 9.97 Å². The van der Waals surface area contributed by atoms with Crippen molar-refractivity contribution in [3.63, 3.8) is 0 Å². The van der Waals surface area contributed by atoms with Crippen LogP contribution in [0.4, 0.5) is 14.6 Å². The highest BCUT2D eigenvalue weighted by molar-refractivity contribution is 6.29. The van der Waals surface area contributed by atoms with Crippen molar-refractivity contribution >= 4 is 17.4 Å². The van der Waals surface area contributed by atoms with Crippen molar-refractivity contribution in [2.45, 2.75) is 13.5 Å². The van der Waals surface area contributed by atoms with Gasteiger partial charge in [-0.2, -0.15) is 0 Å². The predicted octanol–water partition coefficient (Wildman–Crippen LogP) is 3.33. The first kappa shape index (κ1) is 12.7. The third kappa shape index (κ3) is 3.13. The number of rotatable bonds is 3. The Morgan fingerprint density at radius 1 is 1.22 bits per heavy atom. The fourth-order valence-electron chi connectivity index (χ4n) is 1.47. The SMILES string of the molecule is Cc1nc(Cl)cc(NCc2ccc(F)cc2F)n1. The van der Waals surface area contributed by atoms with Gasteiger partial charge in [0.05, 0.1) is 0 Å². The molecule has 0 radical (unpaired) electrons. The second-order valence-corrected chi connectivity index (χ2v) is 4.10. The molecule has 1 N–H and O–H groups in total. The fraction of sp³-hybridized carbons (Fsp3) is 0.167. The van der Waals surface area contributed by atoms with E-state index >= 15 is 0 Å². The van der Waals surface area contributed by atoms with Gasteiger partial charge in [-0.25, -0.2) is 18.7 Å².